The Kier molecular flexibility index (Phi) is 5.61. The van der Waals surface area contributed by atoms with Crippen LogP contribution in [-0.4, -0.2) is 17.2 Å². The van der Waals surface area contributed by atoms with Gasteiger partial charge in [-0.05, 0) is 37.9 Å². The van der Waals surface area contributed by atoms with Crippen LogP contribution in [0, 0.1) is 0 Å². The van der Waals surface area contributed by atoms with Crippen LogP contribution >= 0.6 is 0 Å². The van der Waals surface area contributed by atoms with Crippen molar-refractivity contribution in [3.63, 3.8) is 0 Å². The average molecular weight is 338 g/mol. The van der Waals surface area contributed by atoms with Gasteiger partial charge in [0.05, 0.1) is 6.54 Å². The minimum absolute atomic E-state index is 0. The Labute approximate surface area is 131 Å². The number of aryl methyl sites for hydroxylation is 1. The number of hydrogen-bond acceptors (Lipinski definition) is 1. The molecule has 3 nitrogen and oxygen atoms in total. The Morgan fingerprint density at radius 1 is 1.35 bits per heavy atom. The SMILES string of the molecule is CCCCn1c[n+](C[C@@H]2CCCN2)c2ccccc21.[Br-]. The van der Waals surface area contributed by atoms with E-state index in [1.165, 1.54) is 43.3 Å². The Hall–Kier alpha value is -0.870. The fourth-order valence-electron chi connectivity index (χ4n) is 3.04. The summed E-state index contributed by atoms with van der Waals surface area (Å²) in [5.74, 6) is 0. The lowest BCUT2D eigenvalue weighted by atomic mass is 10.2. The van der Waals surface area contributed by atoms with Crippen molar-refractivity contribution in [2.24, 2.45) is 0 Å². The quantitative estimate of drug-likeness (QED) is 0.728. The van der Waals surface area contributed by atoms with E-state index in [1.54, 1.807) is 0 Å². The molecule has 1 fully saturated rings. The number of hydrogen-bond donors (Lipinski definition) is 1. The maximum absolute atomic E-state index is 3.59. The highest BCUT2D eigenvalue weighted by atomic mass is 79.9. The molecule has 1 saturated heterocycles. The van der Waals surface area contributed by atoms with Crippen molar-refractivity contribution in [2.45, 2.75) is 51.7 Å². The van der Waals surface area contributed by atoms with Crippen molar-refractivity contribution in [3.05, 3.63) is 30.6 Å². The standard InChI is InChI=1S/C16H24N3.BrH/c1-2-3-11-18-13-19(12-14-7-6-10-17-14)16-9-5-4-8-15(16)18;/h4-5,8-9,13-14,17H,2-3,6-7,10-12H2,1H3;1H/q+1;/p-1/t14-;/m0./s1. The lowest BCUT2D eigenvalue weighted by Gasteiger charge is -2.06. The van der Waals surface area contributed by atoms with E-state index in [-0.39, 0.29) is 17.0 Å². The van der Waals surface area contributed by atoms with Gasteiger partial charge in [-0.25, -0.2) is 9.13 Å². The van der Waals surface area contributed by atoms with Crippen LogP contribution < -0.4 is 26.9 Å². The predicted molar refractivity (Wildman–Crippen MR) is 78.1 cm³/mol. The minimum Gasteiger partial charge on any atom is -1.00 e. The number of unbranched alkanes of at least 4 members (excludes halogenated alkanes) is 1. The summed E-state index contributed by atoms with van der Waals surface area (Å²) < 4.78 is 4.84. The van der Waals surface area contributed by atoms with Gasteiger partial charge >= 0.3 is 0 Å². The smallest absolute Gasteiger partial charge is 0.244 e. The number of halogens is 1. The van der Waals surface area contributed by atoms with Gasteiger partial charge in [0.2, 0.25) is 6.33 Å². The summed E-state index contributed by atoms with van der Waals surface area (Å²) in [4.78, 5) is 0. The Morgan fingerprint density at radius 3 is 2.95 bits per heavy atom. The molecular formula is C16H24BrN3. The minimum atomic E-state index is 0. The van der Waals surface area contributed by atoms with Crippen LogP contribution in [0.3, 0.4) is 0 Å². The molecule has 3 rings (SSSR count). The third-order valence-electron chi connectivity index (χ3n) is 4.11. The van der Waals surface area contributed by atoms with Crippen molar-refractivity contribution in [1.29, 1.82) is 0 Å². The number of nitrogens with one attached hydrogen (secondary N) is 1. The molecule has 0 amide bonds. The fraction of sp³-hybridized carbons (Fsp3) is 0.562. The van der Waals surface area contributed by atoms with Crippen molar-refractivity contribution < 1.29 is 21.5 Å². The van der Waals surface area contributed by atoms with Crippen LogP contribution in [0.25, 0.3) is 11.0 Å². The molecule has 1 aliphatic heterocycles. The van der Waals surface area contributed by atoms with Gasteiger partial charge in [-0.3, -0.25) is 0 Å². The lowest BCUT2D eigenvalue weighted by molar-refractivity contribution is -0.674. The number of fused-ring (bicyclic) bond motifs is 1. The molecule has 0 aliphatic carbocycles. The molecule has 1 aliphatic rings. The van der Waals surface area contributed by atoms with Gasteiger partial charge in [-0.2, -0.15) is 0 Å². The molecule has 1 N–H and O–H groups in total. The summed E-state index contributed by atoms with van der Waals surface area (Å²) in [5.41, 5.74) is 2.74. The highest BCUT2D eigenvalue weighted by molar-refractivity contribution is 5.71. The number of imidazole rings is 1. The molecule has 1 aromatic carbocycles. The zero-order chi connectivity index (χ0) is 13.1. The summed E-state index contributed by atoms with van der Waals surface area (Å²) in [6.07, 6.45) is 7.43. The zero-order valence-corrected chi connectivity index (χ0v) is 13.8. The molecule has 0 spiro atoms. The third kappa shape index (κ3) is 3.23. The van der Waals surface area contributed by atoms with E-state index in [0.29, 0.717) is 6.04 Å². The van der Waals surface area contributed by atoms with Crippen molar-refractivity contribution in [2.75, 3.05) is 6.54 Å². The van der Waals surface area contributed by atoms with Crippen LogP contribution in [0.15, 0.2) is 30.6 Å². The third-order valence-corrected chi connectivity index (χ3v) is 4.11. The largest absolute Gasteiger partial charge is 1.00 e. The van der Waals surface area contributed by atoms with Gasteiger partial charge in [-0.1, -0.05) is 25.5 Å². The highest BCUT2D eigenvalue weighted by Gasteiger charge is 2.20. The molecule has 0 bridgehead atoms. The fourth-order valence-corrected chi connectivity index (χ4v) is 3.04. The summed E-state index contributed by atoms with van der Waals surface area (Å²) in [5, 5.41) is 3.59. The Bertz CT molecular complexity index is 544. The van der Waals surface area contributed by atoms with Gasteiger partial charge < -0.3 is 22.3 Å². The van der Waals surface area contributed by atoms with Crippen LogP contribution in [0.2, 0.25) is 0 Å². The maximum Gasteiger partial charge on any atom is 0.244 e. The molecule has 2 aromatic rings. The van der Waals surface area contributed by atoms with Gasteiger partial charge in [-0.15, -0.1) is 0 Å². The summed E-state index contributed by atoms with van der Waals surface area (Å²) in [6.45, 7) is 5.66. The molecule has 0 saturated carbocycles. The number of nitrogens with zero attached hydrogens (tertiary/aromatic N) is 2. The lowest BCUT2D eigenvalue weighted by Crippen LogP contribution is -3.00. The van der Waals surface area contributed by atoms with Crippen molar-refractivity contribution >= 4 is 11.0 Å². The first-order valence-electron chi connectivity index (χ1n) is 7.59. The van der Waals surface area contributed by atoms with Gasteiger partial charge in [0.25, 0.3) is 0 Å². The first kappa shape index (κ1) is 15.5. The van der Waals surface area contributed by atoms with E-state index in [1.807, 2.05) is 0 Å². The van der Waals surface area contributed by atoms with Crippen molar-refractivity contribution in [3.8, 4) is 0 Å². The zero-order valence-electron chi connectivity index (χ0n) is 12.2. The molecule has 4 heteroatoms. The van der Waals surface area contributed by atoms with Crippen molar-refractivity contribution in [1.82, 2.24) is 9.88 Å². The maximum atomic E-state index is 3.59. The van der Waals surface area contributed by atoms with E-state index in [0.717, 1.165) is 13.1 Å². The molecule has 2 heterocycles. The van der Waals surface area contributed by atoms with E-state index in [9.17, 15) is 0 Å². The number of para-hydroxylation sites is 2. The molecule has 0 unspecified atom stereocenters. The van der Waals surface area contributed by atoms with Crippen LogP contribution in [-0.2, 0) is 13.1 Å². The van der Waals surface area contributed by atoms with Crippen LogP contribution in [0.5, 0.6) is 0 Å². The second-order valence-electron chi connectivity index (χ2n) is 5.60. The highest BCUT2D eigenvalue weighted by Crippen LogP contribution is 2.13. The monoisotopic (exact) mass is 337 g/mol. The van der Waals surface area contributed by atoms with Crippen LogP contribution in [0.4, 0.5) is 0 Å². The predicted octanol–water partition coefficient (Wildman–Crippen LogP) is -0.515. The normalized spacial score (nSPS) is 18.4. The summed E-state index contributed by atoms with van der Waals surface area (Å²) >= 11 is 0. The van der Waals surface area contributed by atoms with Gasteiger partial charge in [0.15, 0.2) is 11.0 Å². The number of aromatic nitrogens is 2. The van der Waals surface area contributed by atoms with E-state index >= 15 is 0 Å². The molecule has 20 heavy (non-hydrogen) atoms. The second kappa shape index (κ2) is 7.23. The van der Waals surface area contributed by atoms with E-state index in [2.05, 4.69) is 52.0 Å². The summed E-state index contributed by atoms with van der Waals surface area (Å²) in [7, 11) is 0. The topological polar surface area (TPSA) is 20.8 Å². The van der Waals surface area contributed by atoms with Gasteiger partial charge in [0, 0.05) is 6.04 Å². The molecule has 1 atom stereocenters. The van der Waals surface area contributed by atoms with E-state index < -0.39 is 0 Å². The first-order valence-corrected chi connectivity index (χ1v) is 7.59. The molecule has 110 valence electrons. The average Bonchev–Trinajstić information content (AvgIpc) is 3.06. The second-order valence-corrected chi connectivity index (χ2v) is 5.60. The van der Waals surface area contributed by atoms with E-state index in [4.69, 9.17) is 0 Å². The number of rotatable bonds is 5. The summed E-state index contributed by atoms with van der Waals surface area (Å²) in [6, 6.07) is 9.42. The first-order chi connectivity index (χ1) is 9.38. The van der Waals surface area contributed by atoms with Gasteiger partial charge in [0.1, 0.15) is 6.54 Å². The Balaban J connectivity index is 0.00000147. The molecule has 1 aromatic heterocycles. The van der Waals surface area contributed by atoms with Crippen LogP contribution in [0.1, 0.15) is 32.6 Å². The molecular weight excluding hydrogens is 314 g/mol. The Morgan fingerprint density at radius 2 is 2.20 bits per heavy atom. The number of benzene rings is 1. The molecule has 0 radical (unpaired) electrons.